The number of alkyl halides is 3. The van der Waals surface area contributed by atoms with Crippen LogP contribution in [0.25, 0.3) is 11.1 Å². The number of hydrogen-bond donors (Lipinski definition) is 0. The number of nitrogens with zero attached hydrogens (tertiary/aromatic N) is 1. The van der Waals surface area contributed by atoms with Crippen molar-refractivity contribution in [3.8, 4) is 11.1 Å². The van der Waals surface area contributed by atoms with Gasteiger partial charge in [-0.15, -0.1) is 0 Å². The monoisotopic (exact) mass is 265 g/mol. The van der Waals surface area contributed by atoms with Crippen molar-refractivity contribution in [2.75, 3.05) is 0 Å². The molecule has 19 heavy (non-hydrogen) atoms. The van der Waals surface area contributed by atoms with Crippen molar-refractivity contribution in [3.63, 3.8) is 0 Å². The van der Waals surface area contributed by atoms with E-state index in [0.29, 0.717) is 0 Å². The number of aryl methyl sites for hydroxylation is 2. The van der Waals surface area contributed by atoms with Crippen molar-refractivity contribution in [1.29, 1.82) is 0 Å². The topological polar surface area (TPSA) is 12.9 Å². The van der Waals surface area contributed by atoms with Gasteiger partial charge in [-0.25, -0.2) is 0 Å². The fraction of sp³-hybridized carbons (Fsp3) is 0.267. The minimum Gasteiger partial charge on any atom is -0.258 e. The highest BCUT2D eigenvalue weighted by Gasteiger charge is 2.27. The predicted octanol–water partition coefficient (Wildman–Crippen LogP) is 4.47. The number of rotatable bonds is 2. The van der Waals surface area contributed by atoms with Crippen LogP contribution in [0.5, 0.6) is 0 Å². The quantitative estimate of drug-likeness (QED) is 0.780. The maximum absolute atomic E-state index is 12.3. The van der Waals surface area contributed by atoms with Crippen LogP contribution in [0.15, 0.2) is 36.4 Å². The lowest BCUT2D eigenvalue weighted by Crippen LogP contribution is -2.11. The summed E-state index contributed by atoms with van der Waals surface area (Å²) >= 11 is 0. The van der Waals surface area contributed by atoms with E-state index in [0.717, 1.165) is 22.5 Å². The van der Waals surface area contributed by atoms with E-state index in [4.69, 9.17) is 0 Å². The van der Waals surface area contributed by atoms with E-state index in [1.807, 2.05) is 26.0 Å². The second-order valence-electron chi connectivity index (χ2n) is 4.63. The van der Waals surface area contributed by atoms with Crippen molar-refractivity contribution in [2.24, 2.45) is 0 Å². The van der Waals surface area contributed by atoms with Gasteiger partial charge in [-0.1, -0.05) is 24.3 Å². The van der Waals surface area contributed by atoms with Crippen LogP contribution in [0.1, 0.15) is 17.0 Å². The van der Waals surface area contributed by atoms with Gasteiger partial charge in [0.1, 0.15) is 0 Å². The van der Waals surface area contributed by atoms with Gasteiger partial charge in [0.15, 0.2) is 0 Å². The molecule has 0 saturated heterocycles. The van der Waals surface area contributed by atoms with Crippen LogP contribution in [0.2, 0.25) is 0 Å². The molecule has 0 aliphatic carbocycles. The summed E-state index contributed by atoms with van der Waals surface area (Å²) in [6.45, 7) is 3.79. The minimum absolute atomic E-state index is 0.277. The Kier molecular flexibility index (Phi) is 3.60. The highest BCUT2D eigenvalue weighted by atomic mass is 19.4. The smallest absolute Gasteiger partial charge is 0.258 e. The van der Waals surface area contributed by atoms with Gasteiger partial charge in [0.05, 0.1) is 6.42 Å². The Morgan fingerprint density at radius 2 is 1.42 bits per heavy atom. The molecule has 0 radical (unpaired) electrons. The lowest BCUT2D eigenvalue weighted by Gasteiger charge is -2.08. The van der Waals surface area contributed by atoms with Gasteiger partial charge >= 0.3 is 6.18 Å². The molecule has 0 spiro atoms. The molecule has 1 aromatic heterocycles. The molecular weight excluding hydrogens is 251 g/mol. The number of hydrogen-bond acceptors (Lipinski definition) is 1. The highest BCUT2D eigenvalue weighted by molar-refractivity contribution is 5.64. The third kappa shape index (κ3) is 3.81. The maximum atomic E-state index is 12.3. The second-order valence-corrected chi connectivity index (χ2v) is 4.63. The molecule has 0 N–H and O–H groups in total. The van der Waals surface area contributed by atoms with Gasteiger partial charge in [0.2, 0.25) is 0 Å². The molecule has 0 amide bonds. The van der Waals surface area contributed by atoms with Gasteiger partial charge in [-0.05, 0) is 42.7 Å². The number of halogens is 3. The first-order chi connectivity index (χ1) is 8.83. The van der Waals surface area contributed by atoms with Crippen LogP contribution in [-0.4, -0.2) is 11.2 Å². The van der Waals surface area contributed by atoms with E-state index >= 15 is 0 Å². The fourth-order valence-electron chi connectivity index (χ4n) is 2.05. The SMILES string of the molecule is Cc1cc(-c2ccc(CC(F)(F)F)cc2)cc(C)n1. The molecule has 1 aromatic carbocycles. The first kappa shape index (κ1) is 13.6. The normalized spacial score (nSPS) is 11.6. The first-order valence-corrected chi connectivity index (χ1v) is 5.95. The molecule has 0 unspecified atom stereocenters. The molecule has 0 aliphatic rings. The largest absolute Gasteiger partial charge is 0.393 e. The molecule has 1 nitrogen and oxygen atoms in total. The lowest BCUT2D eigenvalue weighted by molar-refractivity contribution is -0.127. The molecule has 0 fully saturated rings. The third-order valence-corrected chi connectivity index (χ3v) is 2.77. The molecule has 4 heteroatoms. The zero-order valence-corrected chi connectivity index (χ0v) is 10.8. The van der Waals surface area contributed by atoms with Gasteiger partial charge in [-0.2, -0.15) is 13.2 Å². The Labute approximate surface area is 110 Å². The summed E-state index contributed by atoms with van der Waals surface area (Å²) in [5.41, 5.74) is 3.95. The zero-order valence-electron chi connectivity index (χ0n) is 10.8. The van der Waals surface area contributed by atoms with Gasteiger partial charge < -0.3 is 0 Å². The van der Waals surface area contributed by atoms with E-state index in [2.05, 4.69) is 4.98 Å². The molecule has 2 aromatic rings. The maximum Gasteiger partial charge on any atom is 0.393 e. The summed E-state index contributed by atoms with van der Waals surface area (Å²) < 4.78 is 36.8. The van der Waals surface area contributed by atoms with Crippen LogP contribution in [0.3, 0.4) is 0 Å². The second kappa shape index (κ2) is 5.03. The molecule has 0 aliphatic heterocycles. The van der Waals surface area contributed by atoms with Crippen LogP contribution in [0, 0.1) is 13.8 Å². The summed E-state index contributed by atoms with van der Waals surface area (Å²) in [4.78, 5) is 4.28. The van der Waals surface area contributed by atoms with Crippen molar-refractivity contribution in [2.45, 2.75) is 26.4 Å². The number of benzene rings is 1. The average molecular weight is 265 g/mol. The summed E-state index contributed by atoms with van der Waals surface area (Å²) in [5.74, 6) is 0. The Balaban J connectivity index is 2.27. The molecule has 1 heterocycles. The molecule has 100 valence electrons. The highest BCUT2D eigenvalue weighted by Crippen LogP contribution is 2.25. The van der Waals surface area contributed by atoms with Crippen LogP contribution < -0.4 is 0 Å². The van der Waals surface area contributed by atoms with Crippen molar-refractivity contribution in [1.82, 2.24) is 4.98 Å². The summed E-state index contributed by atoms with van der Waals surface area (Å²) in [6.07, 6.45) is -5.05. The van der Waals surface area contributed by atoms with E-state index < -0.39 is 12.6 Å². The summed E-state index contributed by atoms with van der Waals surface area (Å²) in [5, 5.41) is 0. The molecule has 0 bridgehead atoms. The van der Waals surface area contributed by atoms with E-state index in [-0.39, 0.29) is 5.56 Å². The standard InChI is InChI=1S/C15H14F3N/c1-10-7-14(8-11(2)19-10)13-5-3-12(4-6-13)9-15(16,17)18/h3-8H,9H2,1-2H3. The van der Waals surface area contributed by atoms with E-state index in [1.54, 1.807) is 12.1 Å². The van der Waals surface area contributed by atoms with Crippen LogP contribution in [0.4, 0.5) is 13.2 Å². The lowest BCUT2D eigenvalue weighted by atomic mass is 10.0. The minimum atomic E-state index is -4.16. The number of aromatic nitrogens is 1. The predicted molar refractivity (Wildman–Crippen MR) is 68.9 cm³/mol. The molecular formula is C15H14F3N. The summed E-state index contributed by atoms with van der Waals surface area (Å²) in [6, 6.07) is 10.3. The van der Waals surface area contributed by atoms with E-state index in [9.17, 15) is 13.2 Å². The zero-order chi connectivity index (χ0) is 14.0. The van der Waals surface area contributed by atoms with Gasteiger partial charge in [-0.3, -0.25) is 4.98 Å². The van der Waals surface area contributed by atoms with E-state index in [1.165, 1.54) is 12.1 Å². The van der Waals surface area contributed by atoms with Crippen molar-refractivity contribution < 1.29 is 13.2 Å². The fourth-order valence-corrected chi connectivity index (χ4v) is 2.05. The van der Waals surface area contributed by atoms with Crippen molar-refractivity contribution in [3.05, 3.63) is 53.3 Å². The first-order valence-electron chi connectivity index (χ1n) is 5.95. The number of pyridine rings is 1. The Morgan fingerprint density at radius 3 is 1.89 bits per heavy atom. The van der Waals surface area contributed by atoms with Crippen LogP contribution >= 0.6 is 0 Å². The molecule has 2 rings (SSSR count). The Hall–Kier alpha value is -1.84. The van der Waals surface area contributed by atoms with Gasteiger partial charge in [0.25, 0.3) is 0 Å². The molecule has 0 atom stereocenters. The van der Waals surface area contributed by atoms with Crippen molar-refractivity contribution >= 4 is 0 Å². The van der Waals surface area contributed by atoms with Gasteiger partial charge in [0, 0.05) is 11.4 Å². The Morgan fingerprint density at radius 1 is 0.895 bits per heavy atom. The van der Waals surface area contributed by atoms with Crippen LogP contribution in [-0.2, 0) is 6.42 Å². The Bertz CT molecular complexity index is 551. The summed E-state index contributed by atoms with van der Waals surface area (Å²) in [7, 11) is 0. The average Bonchev–Trinajstić information content (AvgIpc) is 2.26. The third-order valence-electron chi connectivity index (χ3n) is 2.77. The molecule has 0 saturated carbocycles.